The smallest absolute Gasteiger partial charge is 0 e. The summed E-state index contributed by atoms with van der Waals surface area (Å²) in [6, 6.07) is 4.76. The van der Waals surface area contributed by atoms with Crippen LogP contribution in [0.5, 0.6) is 0 Å². The zero-order valence-electron chi connectivity index (χ0n) is 5.73. The Hall–Kier alpha value is -0.289. The monoisotopic (exact) mass is 253 g/mol. The largest absolute Gasteiger partial charge is 0 e. The Bertz CT molecular complexity index is 217. The number of nitrogens with zero attached hydrogens (tertiary/aromatic N) is 1. The van der Waals surface area contributed by atoms with E-state index >= 15 is 0 Å². The van der Waals surface area contributed by atoms with Gasteiger partial charge in [-0.3, -0.25) is 0 Å². The first-order valence-corrected chi connectivity index (χ1v) is 2.45. The molecule has 1 heterocycles. The van der Waals surface area contributed by atoms with E-state index in [1.807, 2.05) is 0 Å². The maximum Gasteiger partial charge on any atom is 0 e. The zero-order chi connectivity index (χ0) is 6.69. The summed E-state index contributed by atoms with van der Waals surface area (Å²) in [5.74, 6) is -0.990. The summed E-state index contributed by atoms with van der Waals surface area (Å²) < 4.78 is 0. The van der Waals surface area contributed by atoms with Gasteiger partial charge in [0, 0.05) is 23.6 Å². The van der Waals surface area contributed by atoms with Crippen LogP contribution in [0.1, 0.15) is 10.5 Å². The van der Waals surface area contributed by atoms with Gasteiger partial charge in [0.15, 0.2) is 0 Å². The fraction of sp³-hybridized carbons (Fsp3) is 0. The van der Waals surface area contributed by atoms with Crippen LogP contribution in [0.4, 0.5) is 0 Å². The molecular formula is C6H8AsCrNO2. The minimum absolute atomic E-state index is 0. The molecule has 1 rings (SSSR count). The minimum Gasteiger partial charge on any atom is 0 e. The molecule has 3 nitrogen and oxygen atoms in total. The summed E-state index contributed by atoms with van der Waals surface area (Å²) in [6.45, 7) is 0. The van der Waals surface area contributed by atoms with Gasteiger partial charge in [0.25, 0.3) is 0 Å². The Kier molecular flexibility index (Phi) is 7.77. The number of pyridine rings is 1. The Morgan fingerprint density at radius 3 is 2.36 bits per heavy atom. The molecule has 0 aromatic carbocycles. The number of aromatic carboxylic acids is 1. The molecule has 0 fully saturated rings. The summed E-state index contributed by atoms with van der Waals surface area (Å²) in [7, 11) is 0. The molecule has 0 bridgehead atoms. The molecule has 1 aromatic heterocycles. The first-order valence-electron chi connectivity index (χ1n) is 2.45. The van der Waals surface area contributed by atoms with E-state index < -0.39 is 5.97 Å². The van der Waals surface area contributed by atoms with Crippen LogP contribution in [-0.2, 0) is 17.4 Å². The third-order valence-corrected chi connectivity index (χ3v) is 0.884. The van der Waals surface area contributed by atoms with Gasteiger partial charge in [0.2, 0.25) is 0 Å². The van der Waals surface area contributed by atoms with Crippen molar-refractivity contribution in [1.29, 1.82) is 0 Å². The van der Waals surface area contributed by atoms with E-state index in [1.54, 1.807) is 12.1 Å². The van der Waals surface area contributed by atoms with Crippen LogP contribution in [0.15, 0.2) is 24.4 Å². The van der Waals surface area contributed by atoms with Gasteiger partial charge in [0.05, 0.1) is 0 Å². The molecule has 5 heteroatoms. The standard InChI is InChI=1S/C6H5NO2.AsH3.Cr/c8-6(9)5-3-1-2-4-7-5;;/h1-4H,(H,8,9);1H3;. The maximum atomic E-state index is 10.1. The molecule has 0 aliphatic heterocycles. The average Bonchev–Trinajstić information content (AvgIpc) is 1.90. The molecule has 1 aromatic rings. The van der Waals surface area contributed by atoms with Gasteiger partial charge >= 0.3 is 23.9 Å². The van der Waals surface area contributed by atoms with Gasteiger partial charge in [0.1, 0.15) is 5.69 Å². The van der Waals surface area contributed by atoms with E-state index in [0.29, 0.717) is 0 Å². The number of carboxylic acids is 1. The molecule has 60 valence electrons. The van der Waals surface area contributed by atoms with E-state index in [-0.39, 0.29) is 41.0 Å². The Morgan fingerprint density at radius 1 is 1.45 bits per heavy atom. The molecule has 0 aliphatic rings. The van der Waals surface area contributed by atoms with Gasteiger partial charge in [-0.25, -0.2) is 9.78 Å². The van der Waals surface area contributed by atoms with E-state index in [1.165, 1.54) is 12.3 Å². The Labute approximate surface area is 86.3 Å². The van der Waals surface area contributed by atoms with Crippen LogP contribution in [0, 0.1) is 0 Å². The van der Waals surface area contributed by atoms with Crippen LogP contribution in [0.2, 0.25) is 0 Å². The quantitative estimate of drug-likeness (QED) is 0.692. The van der Waals surface area contributed by atoms with E-state index in [2.05, 4.69) is 4.98 Å². The second kappa shape index (κ2) is 6.42. The van der Waals surface area contributed by atoms with Crippen molar-refractivity contribution in [3.63, 3.8) is 0 Å². The Balaban J connectivity index is 0. The number of carboxylic acid groups (broad SMARTS) is 1. The SMILES string of the molecule is O=C(O)c1ccccn1.[AsH3].[Cr]. The molecule has 0 spiro atoms. The van der Waals surface area contributed by atoms with Crippen LogP contribution >= 0.6 is 0 Å². The number of hydrogen-bond acceptors (Lipinski definition) is 2. The molecule has 0 saturated heterocycles. The number of aromatic nitrogens is 1. The van der Waals surface area contributed by atoms with Gasteiger partial charge in [-0.1, -0.05) is 6.07 Å². The molecule has 1 unspecified atom stereocenters. The second-order valence-corrected chi connectivity index (χ2v) is 1.52. The molecule has 0 aliphatic carbocycles. The third kappa shape index (κ3) is 4.21. The molecule has 0 radical (unpaired) electrons. The zero-order valence-corrected chi connectivity index (χ0v) is 9.97. The van der Waals surface area contributed by atoms with Crippen molar-refractivity contribution < 1.29 is 27.3 Å². The second-order valence-electron chi connectivity index (χ2n) is 1.52. The molecule has 1 N–H and O–H groups in total. The summed E-state index contributed by atoms with van der Waals surface area (Å²) in [5.41, 5.74) is 0.0810. The van der Waals surface area contributed by atoms with Crippen molar-refractivity contribution in [2.24, 2.45) is 0 Å². The van der Waals surface area contributed by atoms with Crippen molar-refractivity contribution in [1.82, 2.24) is 4.98 Å². The van der Waals surface area contributed by atoms with Gasteiger partial charge < -0.3 is 5.11 Å². The number of rotatable bonds is 1. The van der Waals surface area contributed by atoms with Crippen molar-refractivity contribution in [2.75, 3.05) is 0 Å². The van der Waals surface area contributed by atoms with Crippen molar-refractivity contribution >= 4 is 23.9 Å². The number of hydrogen-bond donors (Lipinski definition) is 1. The molecule has 0 amide bonds. The van der Waals surface area contributed by atoms with Crippen molar-refractivity contribution in [3.05, 3.63) is 30.1 Å². The van der Waals surface area contributed by atoms with Crippen LogP contribution in [0.25, 0.3) is 0 Å². The van der Waals surface area contributed by atoms with Crippen LogP contribution < -0.4 is 0 Å². The topological polar surface area (TPSA) is 50.2 Å². The normalized spacial score (nSPS) is 7.27. The first-order chi connectivity index (χ1) is 4.30. The van der Waals surface area contributed by atoms with Gasteiger partial charge in [-0.2, -0.15) is 0 Å². The van der Waals surface area contributed by atoms with E-state index in [4.69, 9.17) is 5.11 Å². The van der Waals surface area contributed by atoms with Gasteiger partial charge in [-0.15, -0.1) is 0 Å². The fourth-order valence-electron chi connectivity index (χ4n) is 0.489. The van der Waals surface area contributed by atoms with Gasteiger partial charge in [-0.05, 0) is 12.1 Å². The molecular weight excluding hydrogens is 245 g/mol. The molecule has 11 heavy (non-hydrogen) atoms. The van der Waals surface area contributed by atoms with E-state index in [0.717, 1.165) is 0 Å². The summed E-state index contributed by atoms with van der Waals surface area (Å²) in [6.07, 6.45) is 1.45. The molecule has 0 saturated carbocycles. The predicted octanol–water partition coefficient (Wildman–Crippen LogP) is -0.407. The summed E-state index contributed by atoms with van der Waals surface area (Å²) in [4.78, 5) is 13.7. The van der Waals surface area contributed by atoms with Crippen LogP contribution in [0.3, 0.4) is 0 Å². The van der Waals surface area contributed by atoms with Crippen molar-refractivity contribution in [3.8, 4) is 0 Å². The predicted molar refractivity (Wildman–Crippen MR) is 41.1 cm³/mol. The third-order valence-electron chi connectivity index (χ3n) is 0.884. The first kappa shape index (κ1) is 13.3. The maximum absolute atomic E-state index is 10.1. The average molecular weight is 253 g/mol. The minimum atomic E-state index is -0.990. The fourth-order valence-corrected chi connectivity index (χ4v) is 0.489. The van der Waals surface area contributed by atoms with E-state index in [9.17, 15) is 4.79 Å². The molecule has 1 atom stereocenters. The summed E-state index contributed by atoms with van der Waals surface area (Å²) >= 11 is 0. The Morgan fingerprint density at radius 2 is 2.09 bits per heavy atom. The number of carbonyl (C=O) groups is 1. The summed E-state index contributed by atoms with van der Waals surface area (Å²) in [5, 5.41) is 8.32. The van der Waals surface area contributed by atoms with Crippen LogP contribution in [-0.4, -0.2) is 34.0 Å². The van der Waals surface area contributed by atoms with Crippen molar-refractivity contribution in [2.45, 2.75) is 0 Å².